The quantitative estimate of drug-likeness (QED) is 0.447. The summed E-state index contributed by atoms with van der Waals surface area (Å²) in [7, 11) is 0. The minimum Gasteiger partial charge on any atom is -0.258 e. The van der Waals surface area contributed by atoms with E-state index in [9.17, 15) is 10.1 Å². The SMILES string of the molecule is O=[N+]([O-])c1ccc2scc(CCl)c2c1. The fourth-order valence-electron chi connectivity index (χ4n) is 1.29. The molecule has 0 N–H and O–H groups in total. The summed E-state index contributed by atoms with van der Waals surface area (Å²) in [4.78, 5) is 10.1. The van der Waals surface area contributed by atoms with Crippen LogP contribution in [0.3, 0.4) is 0 Å². The highest BCUT2D eigenvalue weighted by Gasteiger charge is 2.09. The number of halogens is 1. The Bertz CT molecular complexity index is 495. The minimum atomic E-state index is -0.394. The second-order valence-corrected chi connectivity index (χ2v) is 4.01. The van der Waals surface area contributed by atoms with E-state index in [1.54, 1.807) is 23.5 Å². The lowest BCUT2D eigenvalue weighted by atomic mass is 10.2. The molecule has 1 heterocycles. The largest absolute Gasteiger partial charge is 0.270 e. The van der Waals surface area contributed by atoms with Crippen molar-refractivity contribution in [2.45, 2.75) is 5.88 Å². The molecular weight excluding hydrogens is 222 g/mol. The van der Waals surface area contributed by atoms with Crippen molar-refractivity contribution in [2.75, 3.05) is 0 Å². The lowest BCUT2D eigenvalue weighted by Gasteiger charge is -1.93. The molecule has 3 nitrogen and oxygen atoms in total. The van der Waals surface area contributed by atoms with Crippen LogP contribution in [0.5, 0.6) is 0 Å². The van der Waals surface area contributed by atoms with Gasteiger partial charge in [0.15, 0.2) is 0 Å². The molecule has 0 saturated carbocycles. The molecule has 14 heavy (non-hydrogen) atoms. The number of hydrogen-bond donors (Lipinski definition) is 0. The zero-order valence-electron chi connectivity index (χ0n) is 7.07. The van der Waals surface area contributed by atoms with E-state index >= 15 is 0 Å². The maximum absolute atomic E-state index is 10.5. The number of hydrogen-bond acceptors (Lipinski definition) is 3. The van der Waals surface area contributed by atoms with Crippen molar-refractivity contribution < 1.29 is 4.92 Å². The molecule has 0 aliphatic carbocycles. The third kappa shape index (κ3) is 1.47. The number of benzene rings is 1. The Hall–Kier alpha value is -1.13. The molecule has 5 heteroatoms. The first-order chi connectivity index (χ1) is 6.72. The van der Waals surface area contributed by atoms with Crippen molar-refractivity contribution in [3.8, 4) is 0 Å². The minimum absolute atomic E-state index is 0.113. The van der Waals surface area contributed by atoms with E-state index in [0.717, 1.165) is 15.6 Å². The van der Waals surface area contributed by atoms with E-state index in [-0.39, 0.29) is 5.69 Å². The van der Waals surface area contributed by atoms with Crippen molar-refractivity contribution in [2.24, 2.45) is 0 Å². The first kappa shape index (κ1) is 9.43. The molecule has 0 aliphatic heterocycles. The van der Waals surface area contributed by atoms with Gasteiger partial charge < -0.3 is 0 Å². The number of nitro groups is 1. The van der Waals surface area contributed by atoms with Gasteiger partial charge in [-0.05, 0) is 17.0 Å². The number of rotatable bonds is 2. The summed E-state index contributed by atoms with van der Waals surface area (Å²) in [5, 5.41) is 13.4. The molecule has 0 radical (unpaired) electrons. The molecule has 2 aromatic rings. The van der Waals surface area contributed by atoms with E-state index in [1.807, 2.05) is 5.38 Å². The van der Waals surface area contributed by atoms with Crippen molar-refractivity contribution in [3.05, 3.63) is 39.3 Å². The summed E-state index contributed by atoms with van der Waals surface area (Å²) < 4.78 is 1.03. The number of non-ortho nitro benzene ring substituents is 1. The molecule has 0 atom stereocenters. The van der Waals surface area contributed by atoms with Crippen molar-refractivity contribution in [1.29, 1.82) is 0 Å². The standard InChI is InChI=1S/C9H6ClNO2S/c10-4-6-5-14-9-2-1-7(11(12)13)3-8(6)9/h1-3,5H,4H2. The molecule has 1 aromatic carbocycles. The van der Waals surface area contributed by atoms with Crippen LogP contribution in [0.15, 0.2) is 23.6 Å². The predicted octanol–water partition coefficient (Wildman–Crippen LogP) is 3.55. The molecule has 2 rings (SSSR count). The van der Waals surface area contributed by atoms with Crippen LogP contribution < -0.4 is 0 Å². The number of fused-ring (bicyclic) bond motifs is 1. The smallest absolute Gasteiger partial charge is 0.258 e. The highest BCUT2D eigenvalue weighted by Crippen LogP contribution is 2.30. The number of nitro benzene ring substituents is 1. The normalized spacial score (nSPS) is 10.6. The summed E-state index contributed by atoms with van der Waals surface area (Å²) in [6.45, 7) is 0. The fraction of sp³-hybridized carbons (Fsp3) is 0.111. The van der Waals surface area contributed by atoms with E-state index in [0.29, 0.717) is 5.88 Å². The van der Waals surface area contributed by atoms with Gasteiger partial charge in [-0.25, -0.2) is 0 Å². The number of nitrogens with zero attached hydrogens (tertiary/aromatic N) is 1. The average Bonchev–Trinajstić information content (AvgIpc) is 2.59. The Morgan fingerprint density at radius 2 is 2.29 bits per heavy atom. The van der Waals surface area contributed by atoms with Crippen LogP contribution >= 0.6 is 22.9 Å². The predicted molar refractivity (Wildman–Crippen MR) is 58.0 cm³/mol. The molecular formula is C9H6ClNO2S. The molecule has 0 bridgehead atoms. The van der Waals surface area contributed by atoms with E-state index in [4.69, 9.17) is 11.6 Å². The van der Waals surface area contributed by atoms with Gasteiger partial charge in [-0.15, -0.1) is 22.9 Å². The van der Waals surface area contributed by atoms with Gasteiger partial charge in [-0.3, -0.25) is 10.1 Å². The lowest BCUT2D eigenvalue weighted by molar-refractivity contribution is -0.384. The molecule has 0 amide bonds. The molecule has 0 aliphatic rings. The van der Waals surface area contributed by atoms with Gasteiger partial charge in [0.1, 0.15) is 0 Å². The maximum Gasteiger partial charge on any atom is 0.270 e. The Labute approximate surface area is 89.1 Å². The van der Waals surface area contributed by atoms with Crippen LogP contribution in [0, 0.1) is 10.1 Å². The van der Waals surface area contributed by atoms with Gasteiger partial charge >= 0.3 is 0 Å². The van der Waals surface area contributed by atoms with Gasteiger partial charge in [0.2, 0.25) is 0 Å². The highest BCUT2D eigenvalue weighted by molar-refractivity contribution is 7.17. The van der Waals surface area contributed by atoms with Crippen LogP contribution in [0.4, 0.5) is 5.69 Å². The van der Waals surface area contributed by atoms with Crippen molar-refractivity contribution in [1.82, 2.24) is 0 Å². The highest BCUT2D eigenvalue weighted by atomic mass is 35.5. The maximum atomic E-state index is 10.5. The zero-order chi connectivity index (χ0) is 10.1. The van der Waals surface area contributed by atoms with Crippen LogP contribution in [-0.2, 0) is 5.88 Å². The molecule has 0 spiro atoms. The third-order valence-electron chi connectivity index (χ3n) is 1.99. The summed E-state index contributed by atoms with van der Waals surface area (Å²) in [6, 6.07) is 4.84. The molecule has 72 valence electrons. The van der Waals surface area contributed by atoms with Gasteiger partial charge in [-0.1, -0.05) is 0 Å². The second-order valence-electron chi connectivity index (χ2n) is 2.83. The summed E-state index contributed by atoms with van der Waals surface area (Å²) in [5.41, 5.74) is 1.07. The Balaban J connectivity index is 2.67. The van der Waals surface area contributed by atoms with E-state index < -0.39 is 4.92 Å². The van der Waals surface area contributed by atoms with E-state index in [2.05, 4.69) is 0 Å². The second kappa shape index (κ2) is 3.55. The first-order valence-electron chi connectivity index (χ1n) is 3.93. The summed E-state index contributed by atoms with van der Waals surface area (Å²) in [5.74, 6) is 0.390. The van der Waals surface area contributed by atoms with Gasteiger partial charge in [-0.2, -0.15) is 0 Å². The molecule has 0 saturated heterocycles. The van der Waals surface area contributed by atoms with Crippen LogP contribution in [0.2, 0.25) is 0 Å². The van der Waals surface area contributed by atoms with Crippen molar-refractivity contribution in [3.63, 3.8) is 0 Å². The van der Waals surface area contributed by atoms with Crippen molar-refractivity contribution >= 4 is 38.7 Å². The summed E-state index contributed by atoms with van der Waals surface area (Å²) in [6.07, 6.45) is 0. The Morgan fingerprint density at radius 1 is 1.50 bits per heavy atom. The van der Waals surface area contributed by atoms with Crippen LogP contribution in [0.1, 0.15) is 5.56 Å². The zero-order valence-corrected chi connectivity index (χ0v) is 8.64. The average molecular weight is 228 g/mol. The van der Waals surface area contributed by atoms with Crippen LogP contribution in [-0.4, -0.2) is 4.92 Å². The number of alkyl halides is 1. The lowest BCUT2D eigenvalue weighted by Crippen LogP contribution is -1.86. The first-order valence-corrected chi connectivity index (χ1v) is 5.34. The van der Waals surface area contributed by atoms with Crippen LogP contribution in [0.25, 0.3) is 10.1 Å². The summed E-state index contributed by atoms with van der Waals surface area (Å²) >= 11 is 7.27. The Kier molecular flexibility index (Phi) is 2.39. The molecule has 0 fully saturated rings. The molecule has 1 aromatic heterocycles. The monoisotopic (exact) mass is 227 g/mol. The Morgan fingerprint density at radius 3 is 2.93 bits per heavy atom. The third-order valence-corrected chi connectivity index (χ3v) is 3.29. The number of thiophene rings is 1. The molecule has 0 unspecified atom stereocenters. The van der Waals surface area contributed by atoms with Gasteiger partial charge in [0.25, 0.3) is 5.69 Å². The topological polar surface area (TPSA) is 43.1 Å². The van der Waals surface area contributed by atoms with E-state index in [1.165, 1.54) is 6.07 Å². The fourth-order valence-corrected chi connectivity index (χ4v) is 2.54. The van der Waals surface area contributed by atoms with Gasteiger partial charge in [0, 0.05) is 28.1 Å². The van der Waals surface area contributed by atoms with Gasteiger partial charge in [0.05, 0.1) is 4.92 Å².